The van der Waals surface area contributed by atoms with Gasteiger partial charge in [-0.05, 0) is 85.0 Å². The van der Waals surface area contributed by atoms with Crippen LogP contribution in [0.4, 0.5) is 0 Å². The van der Waals surface area contributed by atoms with Crippen LogP contribution >= 0.6 is 0 Å². The SMILES string of the molecule is C[SiH](C)OC(c1ccccc1C(OC[C@H](O)CNC(C)(C)Cc1ccc2ccccc2c1)C1CC1)C(C)(C)C. The molecule has 0 spiro atoms. The van der Waals surface area contributed by atoms with E-state index in [1.807, 2.05) is 0 Å². The normalized spacial score (nSPS) is 16.9. The third-order valence-electron chi connectivity index (χ3n) is 7.57. The highest BCUT2D eigenvalue weighted by molar-refractivity contribution is 6.48. The van der Waals surface area contributed by atoms with Crippen molar-refractivity contribution in [2.75, 3.05) is 13.2 Å². The number of benzene rings is 3. The van der Waals surface area contributed by atoms with E-state index in [1.54, 1.807) is 0 Å². The third-order valence-corrected chi connectivity index (χ3v) is 8.39. The van der Waals surface area contributed by atoms with Gasteiger partial charge in [0.15, 0.2) is 9.04 Å². The second-order valence-electron chi connectivity index (χ2n) is 13.4. The van der Waals surface area contributed by atoms with E-state index in [1.165, 1.54) is 40.3 Å². The van der Waals surface area contributed by atoms with Crippen molar-refractivity contribution < 1.29 is 14.3 Å². The van der Waals surface area contributed by atoms with Crippen LogP contribution in [0.3, 0.4) is 0 Å². The van der Waals surface area contributed by atoms with Crippen molar-refractivity contribution >= 4 is 19.8 Å². The maximum absolute atomic E-state index is 10.9. The zero-order valence-electron chi connectivity index (χ0n) is 25.0. The summed E-state index contributed by atoms with van der Waals surface area (Å²) in [4.78, 5) is 0. The number of hydrogen-bond acceptors (Lipinski definition) is 4. The molecule has 0 aromatic heterocycles. The number of ether oxygens (including phenoxy) is 1. The number of rotatable bonds is 13. The van der Waals surface area contributed by atoms with Crippen molar-refractivity contribution in [3.05, 3.63) is 83.4 Å². The first-order chi connectivity index (χ1) is 18.4. The van der Waals surface area contributed by atoms with E-state index in [2.05, 4.69) is 120 Å². The van der Waals surface area contributed by atoms with Gasteiger partial charge >= 0.3 is 0 Å². The topological polar surface area (TPSA) is 50.7 Å². The molecular formula is C34H49NO3Si. The Morgan fingerprint density at radius 2 is 1.54 bits per heavy atom. The molecule has 2 unspecified atom stereocenters. The van der Waals surface area contributed by atoms with E-state index >= 15 is 0 Å². The van der Waals surface area contributed by atoms with Crippen LogP contribution in [0.15, 0.2) is 66.7 Å². The van der Waals surface area contributed by atoms with Gasteiger partial charge in [-0.3, -0.25) is 0 Å². The first-order valence-electron chi connectivity index (χ1n) is 14.7. The first kappa shape index (κ1) is 29.9. The van der Waals surface area contributed by atoms with Gasteiger partial charge in [0.05, 0.1) is 24.9 Å². The summed E-state index contributed by atoms with van der Waals surface area (Å²) in [6.07, 6.45) is 2.68. The van der Waals surface area contributed by atoms with Gasteiger partial charge in [-0.1, -0.05) is 87.5 Å². The summed E-state index contributed by atoms with van der Waals surface area (Å²) in [7, 11) is -1.25. The number of aliphatic hydroxyl groups excluding tert-OH is 1. The summed E-state index contributed by atoms with van der Waals surface area (Å²) in [5, 5.41) is 17.1. The zero-order valence-corrected chi connectivity index (χ0v) is 26.2. The van der Waals surface area contributed by atoms with Crippen molar-refractivity contribution in [3.63, 3.8) is 0 Å². The molecule has 0 aliphatic heterocycles. The van der Waals surface area contributed by atoms with Gasteiger partial charge in [0.1, 0.15) is 0 Å². The Hall–Kier alpha value is -2.02. The third kappa shape index (κ3) is 8.48. The van der Waals surface area contributed by atoms with Crippen molar-refractivity contribution in [2.24, 2.45) is 11.3 Å². The van der Waals surface area contributed by atoms with Crippen LogP contribution in [0, 0.1) is 11.3 Å². The largest absolute Gasteiger partial charge is 0.413 e. The van der Waals surface area contributed by atoms with Crippen LogP contribution in [-0.4, -0.2) is 38.9 Å². The molecule has 0 amide bonds. The van der Waals surface area contributed by atoms with Gasteiger partial charge in [-0.2, -0.15) is 0 Å². The smallest absolute Gasteiger partial charge is 0.171 e. The predicted octanol–water partition coefficient (Wildman–Crippen LogP) is 7.37. The molecule has 2 N–H and O–H groups in total. The molecule has 4 nitrogen and oxygen atoms in total. The number of hydrogen-bond donors (Lipinski definition) is 2. The summed E-state index contributed by atoms with van der Waals surface area (Å²) in [6.45, 7) is 16.4. The lowest BCUT2D eigenvalue weighted by molar-refractivity contribution is -0.0231. The van der Waals surface area contributed by atoms with Crippen LogP contribution in [0.1, 0.15) is 76.4 Å². The highest BCUT2D eigenvalue weighted by Gasteiger charge is 2.38. The van der Waals surface area contributed by atoms with Crippen LogP contribution in [-0.2, 0) is 15.6 Å². The molecule has 1 saturated carbocycles. The van der Waals surface area contributed by atoms with Gasteiger partial charge < -0.3 is 19.6 Å². The van der Waals surface area contributed by atoms with Crippen molar-refractivity contribution in [2.45, 2.75) is 90.8 Å². The molecule has 1 aliphatic carbocycles. The van der Waals surface area contributed by atoms with Gasteiger partial charge in [0.25, 0.3) is 0 Å². The Labute approximate surface area is 237 Å². The van der Waals surface area contributed by atoms with E-state index in [0.29, 0.717) is 19.1 Å². The number of fused-ring (bicyclic) bond motifs is 1. The van der Waals surface area contributed by atoms with Crippen LogP contribution in [0.5, 0.6) is 0 Å². The molecule has 5 heteroatoms. The van der Waals surface area contributed by atoms with Crippen molar-refractivity contribution in [1.82, 2.24) is 5.32 Å². The molecule has 4 rings (SSSR count). The minimum atomic E-state index is -1.25. The van der Waals surface area contributed by atoms with Gasteiger partial charge in [0.2, 0.25) is 0 Å². The highest BCUT2D eigenvalue weighted by atomic mass is 28.3. The standard InChI is InChI=1S/C34H49NO3Si/c1-33(2,3)32(38-39(6)7)30-15-11-10-14-29(30)31(26-18-19-26)37-23-28(36)22-35-34(4,5)21-24-16-17-25-12-8-9-13-27(25)20-24/h8-17,20,26,28,31-32,35-36,39H,18-19,21-23H2,1-7H3/t28-,31?,32?/m1/s1. The Balaban J connectivity index is 1.38. The number of aliphatic hydroxyl groups is 1. The van der Waals surface area contributed by atoms with E-state index in [0.717, 1.165) is 6.42 Å². The van der Waals surface area contributed by atoms with Gasteiger partial charge in [-0.15, -0.1) is 0 Å². The second kappa shape index (κ2) is 12.7. The lowest BCUT2D eigenvalue weighted by Crippen LogP contribution is -2.46. The first-order valence-corrected chi connectivity index (χ1v) is 17.5. The maximum atomic E-state index is 10.9. The summed E-state index contributed by atoms with van der Waals surface area (Å²) >= 11 is 0. The summed E-state index contributed by atoms with van der Waals surface area (Å²) in [6, 6.07) is 23.8. The van der Waals surface area contributed by atoms with Crippen molar-refractivity contribution in [1.29, 1.82) is 0 Å². The number of nitrogens with one attached hydrogen (secondary N) is 1. The fourth-order valence-corrected chi connectivity index (χ4v) is 6.59. The molecule has 0 saturated heterocycles. The van der Waals surface area contributed by atoms with Gasteiger partial charge in [-0.25, -0.2) is 0 Å². The van der Waals surface area contributed by atoms with E-state index in [4.69, 9.17) is 9.16 Å². The summed E-state index contributed by atoms with van der Waals surface area (Å²) in [5.41, 5.74) is 3.60. The Morgan fingerprint density at radius 1 is 0.897 bits per heavy atom. The highest BCUT2D eigenvalue weighted by Crippen LogP contribution is 2.47. The molecule has 1 fully saturated rings. The summed E-state index contributed by atoms with van der Waals surface area (Å²) in [5.74, 6) is 0.507. The maximum Gasteiger partial charge on any atom is 0.171 e. The predicted molar refractivity (Wildman–Crippen MR) is 166 cm³/mol. The van der Waals surface area contributed by atoms with E-state index < -0.39 is 15.1 Å². The molecule has 0 heterocycles. The molecule has 0 bridgehead atoms. The van der Waals surface area contributed by atoms with Gasteiger partial charge in [0, 0.05) is 12.1 Å². The van der Waals surface area contributed by atoms with Crippen LogP contribution in [0.2, 0.25) is 13.1 Å². The van der Waals surface area contributed by atoms with E-state index in [9.17, 15) is 5.11 Å². The molecule has 212 valence electrons. The quantitative estimate of drug-likeness (QED) is 0.219. The zero-order chi connectivity index (χ0) is 28.2. The minimum Gasteiger partial charge on any atom is -0.413 e. The van der Waals surface area contributed by atoms with Crippen LogP contribution in [0.25, 0.3) is 10.8 Å². The average Bonchev–Trinajstić information content (AvgIpc) is 3.71. The Kier molecular flexibility index (Phi) is 9.72. The Morgan fingerprint density at radius 3 is 2.18 bits per heavy atom. The molecule has 3 atom stereocenters. The molecule has 3 aromatic rings. The molecule has 1 aliphatic rings. The van der Waals surface area contributed by atoms with Crippen molar-refractivity contribution in [3.8, 4) is 0 Å². The average molecular weight is 548 g/mol. The fourth-order valence-electron chi connectivity index (χ4n) is 5.49. The second-order valence-corrected chi connectivity index (χ2v) is 15.8. The lowest BCUT2D eigenvalue weighted by atomic mass is 9.81. The molecule has 0 radical (unpaired) electrons. The molecule has 3 aromatic carbocycles. The summed E-state index contributed by atoms with van der Waals surface area (Å²) < 4.78 is 13.1. The monoisotopic (exact) mass is 547 g/mol. The molecular weight excluding hydrogens is 498 g/mol. The fraction of sp³-hybridized carbons (Fsp3) is 0.529. The Bertz CT molecular complexity index is 1210. The minimum absolute atomic E-state index is 0.0104. The number of β-amino-alcohol motifs (C(OH)–C–C–N with tert-alkyl or cyclic N) is 1. The molecule has 39 heavy (non-hydrogen) atoms. The van der Waals surface area contributed by atoms with E-state index in [-0.39, 0.29) is 23.2 Å². The lowest BCUT2D eigenvalue weighted by Gasteiger charge is -2.35. The van der Waals surface area contributed by atoms with Crippen LogP contribution < -0.4 is 5.32 Å².